The molecule has 10 heteroatoms. The van der Waals surface area contributed by atoms with E-state index in [1.165, 1.54) is 6.33 Å². The number of hydrogen-bond acceptors (Lipinski definition) is 8. The van der Waals surface area contributed by atoms with E-state index in [4.69, 9.17) is 15.2 Å². The van der Waals surface area contributed by atoms with Crippen molar-refractivity contribution in [2.24, 2.45) is 0 Å². The quantitative estimate of drug-likeness (QED) is 0.453. The standard InChI is InChI=1S/C25H30N6O3S/c1-25(2,3)34-24(32)30-10-8-29(9-11-30)14-17-13-18(21-23(26)27-15-28-31(17)21)20-12-16-6-5-7-19(33-4)22(16)35-20/h5-7,12-13,15H,8-11,14H2,1-4H3,(H2,26,27,28). The van der Waals surface area contributed by atoms with E-state index in [-0.39, 0.29) is 6.09 Å². The number of anilines is 1. The molecule has 184 valence electrons. The fourth-order valence-corrected chi connectivity index (χ4v) is 5.58. The third-order valence-electron chi connectivity index (χ3n) is 6.06. The highest BCUT2D eigenvalue weighted by Gasteiger charge is 2.27. The van der Waals surface area contributed by atoms with Gasteiger partial charge in [0, 0.05) is 43.2 Å². The van der Waals surface area contributed by atoms with Gasteiger partial charge in [-0.25, -0.2) is 14.3 Å². The van der Waals surface area contributed by atoms with E-state index < -0.39 is 5.60 Å². The number of aromatic nitrogens is 3. The average molecular weight is 495 g/mol. The van der Waals surface area contributed by atoms with E-state index >= 15 is 0 Å². The van der Waals surface area contributed by atoms with Crippen LogP contribution in [0.4, 0.5) is 10.6 Å². The first-order valence-corrected chi connectivity index (χ1v) is 12.4. The number of ether oxygens (including phenoxy) is 2. The maximum absolute atomic E-state index is 12.4. The average Bonchev–Trinajstić information content (AvgIpc) is 3.41. The topological polar surface area (TPSA) is 98.2 Å². The lowest BCUT2D eigenvalue weighted by atomic mass is 10.2. The molecule has 5 rings (SSSR count). The van der Waals surface area contributed by atoms with Crippen molar-refractivity contribution in [1.29, 1.82) is 0 Å². The number of thiophene rings is 1. The lowest BCUT2D eigenvalue weighted by Gasteiger charge is -2.35. The number of nitrogens with zero attached hydrogens (tertiary/aromatic N) is 5. The molecule has 3 aromatic heterocycles. The Morgan fingerprint density at radius 2 is 1.94 bits per heavy atom. The summed E-state index contributed by atoms with van der Waals surface area (Å²) in [6.45, 7) is 9.10. The number of amides is 1. The van der Waals surface area contributed by atoms with Crippen molar-refractivity contribution >= 4 is 38.9 Å². The maximum Gasteiger partial charge on any atom is 0.410 e. The SMILES string of the molecule is COc1cccc2cc(-c3cc(CN4CCN(C(=O)OC(C)(C)C)CC4)n4ncnc(N)c34)sc12. The van der Waals surface area contributed by atoms with Crippen molar-refractivity contribution in [3.63, 3.8) is 0 Å². The number of hydrogen-bond donors (Lipinski definition) is 1. The third-order valence-corrected chi connectivity index (χ3v) is 7.26. The van der Waals surface area contributed by atoms with E-state index in [9.17, 15) is 4.79 Å². The molecule has 1 saturated heterocycles. The van der Waals surface area contributed by atoms with E-state index in [0.717, 1.165) is 50.6 Å². The van der Waals surface area contributed by atoms with Crippen molar-refractivity contribution in [2.75, 3.05) is 39.0 Å². The molecule has 1 aromatic carbocycles. The van der Waals surface area contributed by atoms with Gasteiger partial charge in [0.25, 0.3) is 0 Å². The molecule has 0 radical (unpaired) electrons. The second-order valence-electron chi connectivity index (χ2n) is 9.69. The Kier molecular flexibility index (Phi) is 6.02. The number of nitrogens with two attached hydrogens (primary N) is 1. The molecule has 1 amide bonds. The highest BCUT2D eigenvalue weighted by atomic mass is 32.1. The van der Waals surface area contributed by atoms with Crippen LogP contribution in [0.3, 0.4) is 0 Å². The van der Waals surface area contributed by atoms with Gasteiger partial charge in [0.05, 0.1) is 17.5 Å². The van der Waals surface area contributed by atoms with E-state index in [1.54, 1.807) is 23.3 Å². The lowest BCUT2D eigenvalue weighted by Crippen LogP contribution is -2.49. The number of fused-ring (bicyclic) bond motifs is 2. The first kappa shape index (κ1) is 23.4. The Morgan fingerprint density at radius 1 is 1.17 bits per heavy atom. The number of piperazine rings is 1. The number of carbonyl (C=O) groups is 1. The molecule has 4 heterocycles. The Labute approximate surface area is 208 Å². The molecule has 1 fully saturated rings. The molecular formula is C25H30N6O3S. The first-order chi connectivity index (χ1) is 16.7. The summed E-state index contributed by atoms with van der Waals surface area (Å²) in [5, 5.41) is 5.64. The molecule has 35 heavy (non-hydrogen) atoms. The molecule has 0 unspecified atom stereocenters. The Hall–Kier alpha value is -3.37. The van der Waals surface area contributed by atoms with Crippen LogP contribution in [-0.4, -0.2) is 69.4 Å². The molecule has 2 N–H and O–H groups in total. The second-order valence-corrected chi connectivity index (χ2v) is 10.7. The number of methoxy groups -OCH3 is 1. The summed E-state index contributed by atoms with van der Waals surface area (Å²) in [7, 11) is 1.69. The van der Waals surface area contributed by atoms with Crippen LogP contribution in [0.15, 0.2) is 36.7 Å². The van der Waals surface area contributed by atoms with E-state index in [2.05, 4.69) is 33.2 Å². The molecule has 0 bridgehead atoms. The predicted molar refractivity (Wildman–Crippen MR) is 138 cm³/mol. The van der Waals surface area contributed by atoms with Gasteiger partial charge in [0.2, 0.25) is 0 Å². The molecule has 0 atom stereocenters. The van der Waals surface area contributed by atoms with Crippen molar-refractivity contribution in [1.82, 2.24) is 24.4 Å². The molecule has 0 aliphatic carbocycles. The Balaban J connectivity index is 1.41. The van der Waals surface area contributed by atoms with Gasteiger partial charge in [-0.1, -0.05) is 12.1 Å². The van der Waals surface area contributed by atoms with Crippen LogP contribution in [0.2, 0.25) is 0 Å². The minimum absolute atomic E-state index is 0.256. The van der Waals surface area contributed by atoms with Crippen molar-refractivity contribution in [3.8, 4) is 16.2 Å². The maximum atomic E-state index is 12.4. The van der Waals surface area contributed by atoms with Gasteiger partial charge in [-0.05, 0) is 44.4 Å². The zero-order valence-corrected chi connectivity index (χ0v) is 21.3. The summed E-state index contributed by atoms with van der Waals surface area (Å²) in [4.78, 5) is 21.8. The molecule has 1 aliphatic heterocycles. The van der Waals surface area contributed by atoms with Crippen molar-refractivity contribution < 1.29 is 14.3 Å². The monoisotopic (exact) mass is 494 g/mol. The number of nitrogen functional groups attached to an aromatic ring is 1. The highest BCUT2D eigenvalue weighted by Crippen LogP contribution is 2.41. The first-order valence-electron chi connectivity index (χ1n) is 11.6. The van der Waals surface area contributed by atoms with Crippen LogP contribution in [-0.2, 0) is 11.3 Å². The number of rotatable bonds is 4. The van der Waals surface area contributed by atoms with Crippen LogP contribution in [0.1, 0.15) is 26.5 Å². The molecule has 1 aliphatic rings. The zero-order chi connectivity index (χ0) is 24.7. The number of benzene rings is 1. The summed E-state index contributed by atoms with van der Waals surface area (Å²) >= 11 is 1.67. The van der Waals surface area contributed by atoms with Gasteiger partial charge in [-0.3, -0.25) is 4.90 Å². The summed E-state index contributed by atoms with van der Waals surface area (Å²) in [5.74, 6) is 1.30. The largest absolute Gasteiger partial charge is 0.495 e. The highest BCUT2D eigenvalue weighted by molar-refractivity contribution is 7.22. The van der Waals surface area contributed by atoms with Gasteiger partial charge < -0.3 is 20.1 Å². The van der Waals surface area contributed by atoms with Crippen LogP contribution in [0.25, 0.3) is 26.0 Å². The summed E-state index contributed by atoms with van der Waals surface area (Å²) in [5.41, 5.74) is 8.68. The third kappa shape index (κ3) is 4.63. The fourth-order valence-electron chi connectivity index (χ4n) is 4.41. The van der Waals surface area contributed by atoms with Crippen molar-refractivity contribution in [3.05, 3.63) is 42.4 Å². The van der Waals surface area contributed by atoms with Crippen LogP contribution < -0.4 is 10.5 Å². The molecular weight excluding hydrogens is 464 g/mol. The van der Waals surface area contributed by atoms with Crippen LogP contribution in [0, 0.1) is 0 Å². The smallest absolute Gasteiger partial charge is 0.410 e. The zero-order valence-electron chi connectivity index (χ0n) is 20.4. The molecule has 0 saturated carbocycles. The molecule has 4 aromatic rings. The second kappa shape index (κ2) is 9.01. The fraction of sp³-hybridized carbons (Fsp3) is 0.400. The summed E-state index contributed by atoms with van der Waals surface area (Å²) in [6, 6.07) is 10.4. The lowest BCUT2D eigenvalue weighted by molar-refractivity contribution is 0.0138. The van der Waals surface area contributed by atoms with E-state index in [1.807, 2.05) is 37.4 Å². The van der Waals surface area contributed by atoms with Gasteiger partial charge in [0.1, 0.15) is 23.2 Å². The van der Waals surface area contributed by atoms with Crippen LogP contribution >= 0.6 is 11.3 Å². The number of carbonyl (C=O) groups excluding carboxylic acids is 1. The summed E-state index contributed by atoms with van der Waals surface area (Å²) < 4.78 is 14.1. The minimum atomic E-state index is -0.494. The van der Waals surface area contributed by atoms with Gasteiger partial charge in [-0.15, -0.1) is 11.3 Å². The van der Waals surface area contributed by atoms with E-state index in [0.29, 0.717) is 25.5 Å². The Bertz CT molecular complexity index is 1380. The van der Waals surface area contributed by atoms with Gasteiger partial charge >= 0.3 is 6.09 Å². The predicted octanol–water partition coefficient (Wildman–Crippen LogP) is 4.25. The summed E-state index contributed by atoms with van der Waals surface area (Å²) in [6.07, 6.45) is 1.23. The van der Waals surface area contributed by atoms with Gasteiger partial charge in [0.15, 0.2) is 5.82 Å². The minimum Gasteiger partial charge on any atom is -0.495 e. The normalized spacial score (nSPS) is 15.1. The Morgan fingerprint density at radius 3 is 2.66 bits per heavy atom. The van der Waals surface area contributed by atoms with Crippen LogP contribution in [0.5, 0.6) is 5.75 Å². The van der Waals surface area contributed by atoms with Crippen molar-refractivity contribution in [2.45, 2.75) is 32.9 Å². The molecule has 0 spiro atoms. The van der Waals surface area contributed by atoms with Gasteiger partial charge in [-0.2, -0.15) is 5.10 Å². The molecule has 9 nitrogen and oxygen atoms in total.